The summed E-state index contributed by atoms with van der Waals surface area (Å²) in [7, 11) is -2.37. The maximum atomic E-state index is 11.9. The van der Waals surface area contributed by atoms with Crippen LogP contribution in [-0.4, -0.2) is 54.1 Å². The van der Waals surface area contributed by atoms with E-state index in [9.17, 15) is 5.11 Å². The molecule has 0 bridgehead atoms. The predicted molar refractivity (Wildman–Crippen MR) is 175 cm³/mol. The molecule has 1 fully saturated rings. The molecule has 7 heteroatoms. The van der Waals surface area contributed by atoms with E-state index in [4.69, 9.17) is 18.6 Å². The zero-order valence-corrected chi connectivity index (χ0v) is 28.9. The van der Waals surface area contributed by atoms with Crippen molar-refractivity contribution >= 4 is 26.8 Å². The van der Waals surface area contributed by atoms with E-state index in [0.717, 1.165) is 12.5 Å². The van der Waals surface area contributed by atoms with E-state index < -0.39 is 28.5 Å². The first-order valence-corrected chi connectivity index (χ1v) is 20.7. The molecule has 3 rings (SSSR count). The fraction of sp³-hybridized carbons (Fsp3) is 0.588. The van der Waals surface area contributed by atoms with Crippen LogP contribution < -0.4 is 10.4 Å². The normalized spacial score (nSPS) is 23.7. The van der Waals surface area contributed by atoms with Gasteiger partial charge in [0.25, 0.3) is 8.32 Å². The van der Waals surface area contributed by atoms with Crippen LogP contribution in [0.2, 0.25) is 30.7 Å². The SMILES string of the molecule is COCOC[C@@](C)(/C=C/C[Si](C)(C)C)CCC1(O)O[C@H](O[Si](c2ccccc2)(c2ccccc2)C(C)(C)C)C[C@@H]1C. The number of allylic oxidation sites excluding steroid dienone is 1. The molecule has 0 saturated carbocycles. The van der Waals surface area contributed by atoms with Crippen molar-refractivity contribution in [2.24, 2.45) is 11.3 Å². The average molecular weight is 599 g/mol. The van der Waals surface area contributed by atoms with Crippen LogP contribution in [0.4, 0.5) is 0 Å². The minimum absolute atomic E-state index is 0.0687. The Kier molecular flexibility index (Phi) is 11.4. The van der Waals surface area contributed by atoms with Crippen molar-refractivity contribution in [3.05, 3.63) is 72.8 Å². The molecule has 0 spiro atoms. The lowest BCUT2D eigenvalue weighted by molar-refractivity contribution is -0.248. The van der Waals surface area contributed by atoms with Crippen molar-refractivity contribution < 1.29 is 23.7 Å². The van der Waals surface area contributed by atoms with Crippen LogP contribution >= 0.6 is 0 Å². The van der Waals surface area contributed by atoms with Gasteiger partial charge >= 0.3 is 0 Å². The van der Waals surface area contributed by atoms with E-state index in [1.54, 1.807) is 7.11 Å². The van der Waals surface area contributed by atoms with E-state index in [0.29, 0.717) is 19.4 Å². The molecule has 0 aliphatic carbocycles. The van der Waals surface area contributed by atoms with Crippen molar-refractivity contribution in [2.75, 3.05) is 20.5 Å². The fourth-order valence-corrected chi connectivity index (χ4v) is 11.2. The van der Waals surface area contributed by atoms with Gasteiger partial charge in [-0.3, -0.25) is 0 Å². The highest BCUT2D eigenvalue weighted by Gasteiger charge is 2.55. The second-order valence-corrected chi connectivity index (χ2v) is 24.2. The molecular weight excluding hydrogens is 545 g/mol. The summed E-state index contributed by atoms with van der Waals surface area (Å²) in [6.45, 7) is 19.0. The average Bonchev–Trinajstić information content (AvgIpc) is 3.19. The highest BCUT2D eigenvalue weighted by Crippen LogP contribution is 2.44. The van der Waals surface area contributed by atoms with Gasteiger partial charge in [0.2, 0.25) is 0 Å². The summed E-state index contributed by atoms with van der Waals surface area (Å²) in [6, 6.07) is 22.3. The molecule has 1 unspecified atom stereocenters. The topological polar surface area (TPSA) is 57.2 Å². The summed E-state index contributed by atoms with van der Waals surface area (Å²) < 4.78 is 24.7. The van der Waals surface area contributed by atoms with Crippen LogP contribution in [0.3, 0.4) is 0 Å². The summed E-state index contributed by atoms with van der Waals surface area (Å²) in [5.74, 6) is -1.34. The number of benzene rings is 2. The number of methoxy groups -OCH3 is 1. The molecule has 1 aliphatic heterocycles. The minimum Gasteiger partial charge on any atom is -0.382 e. The Morgan fingerprint density at radius 3 is 2.02 bits per heavy atom. The predicted octanol–water partition coefficient (Wildman–Crippen LogP) is 6.94. The molecule has 1 heterocycles. The Labute approximate surface area is 251 Å². The Balaban J connectivity index is 1.86. The van der Waals surface area contributed by atoms with Gasteiger partial charge in [-0.25, -0.2) is 0 Å². The summed E-state index contributed by atoms with van der Waals surface area (Å²) in [4.78, 5) is 0. The van der Waals surface area contributed by atoms with Crippen molar-refractivity contribution in [1.29, 1.82) is 0 Å². The molecule has 2 aromatic rings. The molecule has 1 saturated heterocycles. The second kappa shape index (κ2) is 13.8. The van der Waals surface area contributed by atoms with Gasteiger partial charge in [0.1, 0.15) is 6.79 Å². The second-order valence-electron chi connectivity index (χ2n) is 14.4. The molecule has 1 N–H and O–H groups in total. The van der Waals surface area contributed by atoms with E-state index in [1.807, 2.05) is 0 Å². The fourth-order valence-electron chi connectivity index (χ4n) is 5.85. The smallest absolute Gasteiger partial charge is 0.264 e. The lowest BCUT2D eigenvalue weighted by Gasteiger charge is -2.44. The Morgan fingerprint density at radius 2 is 1.54 bits per heavy atom. The third-order valence-electron chi connectivity index (χ3n) is 8.31. The maximum absolute atomic E-state index is 11.9. The number of aliphatic hydroxyl groups is 1. The van der Waals surface area contributed by atoms with Gasteiger partial charge in [-0.1, -0.05) is 127 Å². The van der Waals surface area contributed by atoms with E-state index in [2.05, 4.69) is 127 Å². The summed E-state index contributed by atoms with van der Waals surface area (Å²) in [5, 5.41) is 14.1. The van der Waals surface area contributed by atoms with Crippen LogP contribution in [0.1, 0.15) is 53.9 Å². The Hall–Kier alpha value is -1.59. The zero-order chi connectivity index (χ0) is 30.4. The molecule has 5 nitrogen and oxygen atoms in total. The maximum Gasteiger partial charge on any atom is 0.264 e. The molecule has 2 aromatic carbocycles. The lowest BCUT2D eigenvalue weighted by atomic mass is 9.82. The van der Waals surface area contributed by atoms with E-state index in [-0.39, 0.29) is 23.2 Å². The monoisotopic (exact) mass is 598 g/mol. The van der Waals surface area contributed by atoms with Crippen LogP contribution in [-0.2, 0) is 18.6 Å². The molecule has 41 heavy (non-hydrogen) atoms. The van der Waals surface area contributed by atoms with Crippen LogP contribution in [0, 0.1) is 11.3 Å². The molecule has 0 amide bonds. The van der Waals surface area contributed by atoms with Gasteiger partial charge in [-0.2, -0.15) is 0 Å². The summed E-state index contributed by atoms with van der Waals surface area (Å²) in [6.07, 6.45) is 5.95. The first kappa shape index (κ1) is 33.9. The standard InChI is InChI=1S/C34H54O5Si2/c1-28-25-31(38-34(28,35)23-22-33(5,26-37-27-36-6)21-16-24-40(7,8)9)39-41(32(2,3)4,29-17-12-10-13-18-29)30-19-14-11-15-20-30/h10-21,28,31,35H,22-27H2,1-9H3/b21-16+/t28-,31+,33-,34?/m0/s1. The largest absolute Gasteiger partial charge is 0.382 e. The van der Waals surface area contributed by atoms with E-state index in [1.165, 1.54) is 10.4 Å². The minimum atomic E-state index is -2.80. The molecule has 0 radical (unpaired) electrons. The van der Waals surface area contributed by atoms with Crippen molar-refractivity contribution in [3.8, 4) is 0 Å². The lowest BCUT2D eigenvalue weighted by Crippen LogP contribution is -2.67. The summed E-state index contributed by atoms with van der Waals surface area (Å²) >= 11 is 0. The van der Waals surface area contributed by atoms with Crippen LogP contribution in [0.25, 0.3) is 0 Å². The van der Waals surface area contributed by atoms with Crippen molar-refractivity contribution in [2.45, 2.75) is 96.7 Å². The van der Waals surface area contributed by atoms with Crippen LogP contribution in [0.15, 0.2) is 72.8 Å². The van der Waals surface area contributed by atoms with Gasteiger partial charge in [-0.05, 0) is 27.9 Å². The Morgan fingerprint density at radius 1 is 0.976 bits per heavy atom. The Bertz CT molecular complexity index is 1060. The number of ether oxygens (including phenoxy) is 3. The third-order valence-corrected chi connectivity index (χ3v) is 14.8. The molecule has 228 valence electrons. The van der Waals surface area contributed by atoms with Crippen molar-refractivity contribution in [3.63, 3.8) is 0 Å². The van der Waals surface area contributed by atoms with E-state index >= 15 is 0 Å². The summed E-state index contributed by atoms with van der Waals surface area (Å²) in [5.41, 5.74) is -0.242. The molecule has 0 aromatic heterocycles. The highest BCUT2D eigenvalue weighted by atomic mass is 28.4. The van der Waals surface area contributed by atoms with Gasteiger partial charge in [0.15, 0.2) is 12.1 Å². The first-order valence-electron chi connectivity index (χ1n) is 15.1. The quantitative estimate of drug-likeness (QED) is 0.111. The zero-order valence-electron chi connectivity index (χ0n) is 26.9. The first-order chi connectivity index (χ1) is 19.1. The van der Waals surface area contributed by atoms with Gasteiger partial charge in [0, 0.05) is 39.4 Å². The van der Waals surface area contributed by atoms with Gasteiger partial charge in [0.05, 0.1) is 6.61 Å². The van der Waals surface area contributed by atoms with Gasteiger partial charge in [-0.15, -0.1) is 0 Å². The van der Waals surface area contributed by atoms with Crippen molar-refractivity contribution in [1.82, 2.24) is 0 Å². The number of hydrogen-bond donors (Lipinski definition) is 1. The highest BCUT2D eigenvalue weighted by molar-refractivity contribution is 6.99. The molecule has 1 aliphatic rings. The third kappa shape index (κ3) is 8.72. The molecule has 4 atom stereocenters. The number of rotatable bonds is 14. The number of hydrogen-bond acceptors (Lipinski definition) is 5. The van der Waals surface area contributed by atoms with Crippen LogP contribution in [0.5, 0.6) is 0 Å². The molecular formula is C34H54O5Si2. The van der Waals surface area contributed by atoms with Gasteiger partial charge < -0.3 is 23.7 Å².